The SMILES string of the molecule is CCNC(=NCC(C)(C)NS(C)(=O)=O)Nc1ccc(OCC)c(OC)c1.I. The number of halogens is 1. The molecule has 0 unspecified atom stereocenters. The van der Waals surface area contributed by atoms with Crippen molar-refractivity contribution in [2.24, 2.45) is 4.99 Å². The van der Waals surface area contributed by atoms with E-state index in [0.29, 0.717) is 30.6 Å². The number of benzene rings is 1. The summed E-state index contributed by atoms with van der Waals surface area (Å²) < 4.78 is 36.3. The Morgan fingerprint density at radius 1 is 1.22 bits per heavy atom. The minimum atomic E-state index is -3.31. The second-order valence-corrected chi connectivity index (χ2v) is 8.13. The average molecular weight is 514 g/mol. The molecule has 0 saturated carbocycles. The molecule has 1 rings (SSSR count). The van der Waals surface area contributed by atoms with Gasteiger partial charge in [-0.2, -0.15) is 0 Å². The van der Waals surface area contributed by atoms with Gasteiger partial charge < -0.3 is 20.1 Å². The number of sulfonamides is 1. The lowest BCUT2D eigenvalue weighted by Gasteiger charge is -2.23. The molecule has 10 heteroatoms. The number of hydrogen-bond donors (Lipinski definition) is 3. The molecular formula is C17H31IN4O4S. The van der Waals surface area contributed by atoms with Crippen molar-refractivity contribution in [3.05, 3.63) is 18.2 Å². The number of nitrogens with zero attached hydrogens (tertiary/aromatic N) is 1. The van der Waals surface area contributed by atoms with E-state index < -0.39 is 15.6 Å². The first kappa shape index (κ1) is 25.7. The molecule has 1 aromatic carbocycles. The number of guanidine groups is 1. The van der Waals surface area contributed by atoms with Gasteiger partial charge in [0, 0.05) is 23.8 Å². The Hall–Kier alpha value is -1.27. The fraction of sp³-hybridized carbons (Fsp3) is 0.588. The van der Waals surface area contributed by atoms with Crippen LogP contribution in [0, 0.1) is 0 Å². The van der Waals surface area contributed by atoms with Gasteiger partial charge in [-0.05, 0) is 39.8 Å². The highest BCUT2D eigenvalue weighted by Gasteiger charge is 2.22. The van der Waals surface area contributed by atoms with Crippen molar-refractivity contribution in [2.45, 2.75) is 33.2 Å². The van der Waals surface area contributed by atoms with Crippen LogP contribution in [0.3, 0.4) is 0 Å². The maximum Gasteiger partial charge on any atom is 0.209 e. The topological polar surface area (TPSA) is 101 Å². The molecule has 0 amide bonds. The van der Waals surface area contributed by atoms with Gasteiger partial charge in [-0.25, -0.2) is 13.1 Å². The molecular weight excluding hydrogens is 483 g/mol. The summed E-state index contributed by atoms with van der Waals surface area (Å²) in [4.78, 5) is 4.47. The molecule has 8 nitrogen and oxygen atoms in total. The molecule has 27 heavy (non-hydrogen) atoms. The summed E-state index contributed by atoms with van der Waals surface area (Å²) in [5.41, 5.74) is 0.0748. The predicted octanol–water partition coefficient (Wildman–Crippen LogP) is 2.42. The molecule has 0 spiro atoms. The zero-order valence-corrected chi connectivity index (χ0v) is 19.9. The highest BCUT2D eigenvalue weighted by atomic mass is 127. The van der Waals surface area contributed by atoms with Crippen LogP contribution in [0.5, 0.6) is 11.5 Å². The first-order chi connectivity index (χ1) is 12.1. The third kappa shape index (κ3) is 10.0. The van der Waals surface area contributed by atoms with Crippen molar-refractivity contribution in [3.63, 3.8) is 0 Å². The smallest absolute Gasteiger partial charge is 0.209 e. The van der Waals surface area contributed by atoms with Gasteiger partial charge >= 0.3 is 0 Å². The van der Waals surface area contributed by atoms with Crippen LogP contribution in [0.15, 0.2) is 23.2 Å². The summed E-state index contributed by atoms with van der Waals surface area (Å²) in [5, 5.41) is 6.32. The summed E-state index contributed by atoms with van der Waals surface area (Å²) in [6.07, 6.45) is 1.13. The zero-order chi connectivity index (χ0) is 19.8. The summed E-state index contributed by atoms with van der Waals surface area (Å²) in [6.45, 7) is 8.91. The van der Waals surface area contributed by atoms with Crippen molar-refractivity contribution < 1.29 is 17.9 Å². The molecule has 0 saturated heterocycles. The highest BCUT2D eigenvalue weighted by molar-refractivity contribution is 14.0. The van der Waals surface area contributed by atoms with E-state index in [2.05, 4.69) is 20.3 Å². The number of hydrogen-bond acceptors (Lipinski definition) is 5. The van der Waals surface area contributed by atoms with Gasteiger partial charge in [0.1, 0.15) is 0 Å². The molecule has 3 N–H and O–H groups in total. The first-order valence-corrected chi connectivity index (χ1v) is 10.3. The van der Waals surface area contributed by atoms with Gasteiger partial charge in [-0.1, -0.05) is 0 Å². The van der Waals surface area contributed by atoms with Crippen molar-refractivity contribution in [2.75, 3.05) is 38.4 Å². The van der Waals surface area contributed by atoms with Crippen LogP contribution in [0.4, 0.5) is 5.69 Å². The fourth-order valence-electron chi connectivity index (χ4n) is 2.27. The molecule has 0 aromatic heterocycles. The van der Waals surface area contributed by atoms with E-state index in [0.717, 1.165) is 11.9 Å². The van der Waals surface area contributed by atoms with Gasteiger partial charge in [0.15, 0.2) is 17.5 Å². The normalized spacial score (nSPS) is 12.1. The maximum absolute atomic E-state index is 11.4. The monoisotopic (exact) mass is 514 g/mol. The molecule has 0 aliphatic rings. The van der Waals surface area contributed by atoms with Gasteiger partial charge in [-0.3, -0.25) is 4.99 Å². The van der Waals surface area contributed by atoms with Crippen LogP contribution in [0.1, 0.15) is 27.7 Å². The molecule has 1 aromatic rings. The lowest BCUT2D eigenvalue weighted by molar-refractivity contribution is 0.311. The molecule has 156 valence electrons. The fourth-order valence-corrected chi connectivity index (χ4v) is 3.34. The minimum absolute atomic E-state index is 0. The first-order valence-electron chi connectivity index (χ1n) is 8.45. The van der Waals surface area contributed by atoms with Crippen LogP contribution >= 0.6 is 24.0 Å². The third-order valence-electron chi connectivity index (χ3n) is 3.16. The number of nitrogens with one attached hydrogen (secondary N) is 3. The Morgan fingerprint density at radius 3 is 2.41 bits per heavy atom. The molecule has 0 aliphatic heterocycles. The molecule has 0 heterocycles. The quantitative estimate of drug-likeness (QED) is 0.266. The predicted molar refractivity (Wildman–Crippen MR) is 121 cm³/mol. The second kappa shape index (κ2) is 11.5. The number of anilines is 1. The zero-order valence-electron chi connectivity index (χ0n) is 16.8. The van der Waals surface area contributed by atoms with E-state index in [1.54, 1.807) is 21.0 Å². The van der Waals surface area contributed by atoms with Gasteiger partial charge in [-0.15, -0.1) is 24.0 Å². The molecule has 0 fully saturated rings. The largest absolute Gasteiger partial charge is 0.493 e. The van der Waals surface area contributed by atoms with E-state index in [1.807, 2.05) is 32.0 Å². The van der Waals surface area contributed by atoms with Crippen molar-refractivity contribution in [1.82, 2.24) is 10.0 Å². The summed E-state index contributed by atoms with van der Waals surface area (Å²) in [6, 6.07) is 5.50. The summed E-state index contributed by atoms with van der Waals surface area (Å²) in [5.74, 6) is 1.83. The lowest BCUT2D eigenvalue weighted by Crippen LogP contribution is -2.46. The van der Waals surface area contributed by atoms with Crippen LogP contribution in [-0.2, 0) is 10.0 Å². The van der Waals surface area contributed by atoms with Crippen LogP contribution in [0.25, 0.3) is 0 Å². The molecule has 0 atom stereocenters. The molecule has 0 aliphatic carbocycles. The van der Waals surface area contributed by atoms with Gasteiger partial charge in [0.05, 0.1) is 26.5 Å². The number of aliphatic imine (C=N–C) groups is 1. The Morgan fingerprint density at radius 2 is 1.89 bits per heavy atom. The summed E-state index contributed by atoms with van der Waals surface area (Å²) >= 11 is 0. The Bertz CT molecular complexity index is 724. The van der Waals surface area contributed by atoms with Crippen molar-refractivity contribution in [1.29, 1.82) is 0 Å². The summed E-state index contributed by atoms with van der Waals surface area (Å²) in [7, 11) is -1.73. The van der Waals surface area contributed by atoms with Crippen LogP contribution in [-0.4, -0.2) is 53.0 Å². The number of methoxy groups -OCH3 is 1. The average Bonchev–Trinajstić information content (AvgIpc) is 2.52. The second-order valence-electron chi connectivity index (χ2n) is 6.38. The van der Waals surface area contributed by atoms with Gasteiger partial charge in [0.2, 0.25) is 10.0 Å². The minimum Gasteiger partial charge on any atom is -0.493 e. The van der Waals surface area contributed by atoms with E-state index in [1.165, 1.54) is 0 Å². The molecule has 0 radical (unpaired) electrons. The van der Waals surface area contributed by atoms with E-state index in [9.17, 15) is 8.42 Å². The third-order valence-corrected chi connectivity index (χ3v) is 4.09. The van der Waals surface area contributed by atoms with E-state index in [-0.39, 0.29) is 30.5 Å². The molecule has 0 bridgehead atoms. The number of ether oxygens (including phenoxy) is 2. The van der Waals surface area contributed by atoms with Crippen molar-refractivity contribution >= 4 is 45.6 Å². The standard InChI is InChI=1S/C17H30N4O4S.HI/c1-7-18-16(19-12-17(3,4)21-26(6,22)23)20-13-9-10-14(25-8-2)15(11-13)24-5;/h9-11,21H,7-8,12H2,1-6H3,(H2,18,19,20);1H. The maximum atomic E-state index is 11.4. The van der Waals surface area contributed by atoms with Crippen molar-refractivity contribution in [3.8, 4) is 11.5 Å². The highest BCUT2D eigenvalue weighted by Crippen LogP contribution is 2.30. The van der Waals surface area contributed by atoms with Crippen LogP contribution in [0.2, 0.25) is 0 Å². The Balaban J connectivity index is 0.00000676. The number of rotatable bonds is 9. The van der Waals surface area contributed by atoms with Gasteiger partial charge in [0.25, 0.3) is 0 Å². The Labute approximate surface area is 179 Å². The van der Waals surface area contributed by atoms with E-state index in [4.69, 9.17) is 9.47 Å². The Kier molecular flexibility index (Phi) is 11.0. The van der Waals surface area contributed by atoms with Crippen LogP contribution < -0.4 is 24.8 Å². The van der Waals surface area contributed by atoms with E-state index >= 15 is 0 Å². The lowest BCUT2D eigenvalue weighted by atomic mass is 10.1.